The molecule has 1 saturated heterocycles. The fourth-order valence-electron chi connectivity index (χ4n) is 3.28. The van der Waals surface area contributed by atoms with E-state index in [1.54, 1.807) is 12.1 Å². The van der Waals surface area contributed by atoms with Crippen LogP contribution in [0.5, 0.6) is 0 Å². The Morgan fingerprint density at radius 3 is 2.41 bits per heavy atom. The summed E-state index contributed by atoms with van der Waals surface area (Å²) in [7, 11) is -3.64. The van der Waals surface area contributed by atoms with Crippen molar-refractivity contribution in [1.82, 2.24) is 9.62 Å². The zero-order valence-electron chi connectivity index (χ0n) is 16.2. The van der Waals surface area contributed by atoms with Crippen LogP contribution in [0.1, 0.15) is 35.7 Å². The van der Waals surface area contributed by atoms with Crippen LogP contribution in [0.3, 0.4) is 0 Å². The van der Waals surface area contributed by atoms with Gasteiger partial charge in [0.25, 0.3) is 5.91 Å². The minimum Gasteiger partial charge on any atom is -0.352 e. The Bertz CT molecular complexity index is 970. The lowest BCUT2D eigenvalue weighted by Crippen LogP contribution is -2.38. The molecule has 1 heterocycles. The first-order valence-corrected chi connectivity index (χ1v) is 11.8. The van der Waals surface area contributed by atoms with Gasteiger partial charge in [0.15, 0.2) is 0 Å². The molecular formula is C21H24Cl2N2O3S. The number of piperidine rings is 1. The number of carbonyl (C=O) groups excluding carboxylic acids is 1. The Labute approximate surface area is 182 Å². The molecule has 0 unspecified atom stereocenters. The number of halogens is 2. The fourth-order valence-corrected chi connectivity index (χ4v) is 5.11. The monoisotopic (exact) mass is 454 g/mol. The number of nitrogens with one attached hydrogen (secondary N) is 1. The molecule has 29 heavy (non-hydrogen) atoms. The van der Waals surface area contributed by atoms with Crippen molar-refractivity contribution in [3.8, 4) is 0 Å². The number of carbonyl (C=O) groups is 1. The molecule has 0 aliphatic carbocycles. The van der Waals surface area contributed by atoms with Gasteiger partial charge in [-0.1, -0.05) is 42.3 Å². The molecule has 1 aliphatic rings. The van der Waals surface area contributed by atoms with Gasteiger partial charge < -0.3 is 5.32 Å². The van der Waals surface area contributed by atoms with E-state index in [1.165, 1.54) is 22.5 Å². The third-order valence-corrected chi connectivity index (χ3v) is 7.65. The molecule has 0 aromatic heterocycles. The van der Waals surface area contributed by atoms with Gasteiger partial charge in [-0.3, -0.25) is 4.79 Å². The molecule has 2 aromatic rings. The molecule has 1 amide bonds. The molecule has 156 valence electrons. The van der Waals surface area contributed by atoms with Gasteiger partial charge in [-0.2, -0.15) is 4.31 Å². The van der Waals surface area contributed by atoms with Crippen LogP contribution in [0.25, 0.3) is 0 Å². The van der Waals surface area contributed by atoms with Crippen LogP contribution in [-0.2, 0) is 16.4 Å². The lowest BCUT2D eigenvalue weighted by molar-refractivity contribution is 0.0954. The molecule has 0 spiro atoms. The zero-order valence-corrected chi connectivity index (χ0v) is 18.5. The second kappa shape index (κ2) is 9.47. The number of amides is 1. The average Bonchev–Trinajstić information content (AvgIpc) is 2.70. The van der Waals surface area contributed by atoms with E-state index in [0.717, 1.165) is 18.4 Å². The maximum Gasteiger partial charge on any atom is 0.252 e. The van der Waals surface area contributed by atoms with Crippen molar-refractivity contribution in [2.45, 2.75) is 31.1 Å². The third kappa shape index (κ3) is 5.51. The molecule has 8 heteroatoms. The average molecular weight is 455 g/mol. The van der Waals surface area contributed by atoms with Gasteiger partial charge in [0.1, 0.15) is 0 Å². The van der Waals surface area contributed by atoms with E-state index < -0.39 is 15.9 Å². The first-order valence-electron chi connectivity index (χ1n) is 9.59. The van der Waals surface area contributed by atoms with Crippen molar-refractivity contribution in [2.24, 2.45) is 5.92 Å². The van der Waals surface area contributed by atoms with Crippen LogP contribution < -0.4 is 5.32 Å². The Balaban J connectivity index is 1.69. The predicted molar refractivity (Wildman–Crippen MR) is 116 cm³/mol. The van der Waals surface area contributed by atoms with Gasteiger partial charge in [0.05, 0.1) is 15.5 Å². The summed E-state index contributed by atoms with van der Waals surface area (Å²) in [5, 5.41) is 3.68. The molecule has 0 saturated carbocycles. The van der Waals surface area contributed by atoms with Gasteiger partial charge in [-0.05, 0) is 61.1 Å². The van der Waals surface area contributed by atoms with Gasteiger partial charge in [0.2, 0.25) is 10.0 Å². The van der Waals surface area contributed by atoms with Gasteiger partial charge in [-0.25, -0.2) is 8.42 Å². The van der Waals surface area contributed by atoms with Crippen LogP contribution in [0.2, 0.25) is 10.0 Å². The van der Waals surface area contributed by atoms with Crippen LogP contribution in [-0.4, -0.2) is 38.3 Å². The maximum absolute atomic E-state index is 12.9. The quantitative estimate of drug-likeness (QED) is 0.703. The largest absolute Gasteiger partial charge is 0.352 e. The Kier molecular flexibility index (Phi) is 7.22. The van der Waals surface area contributed by atoms with E-state index in [2.05, 4.69) is 12.2 Å². The van der Waals surface area contributed by atoms with E-state index in [0.29, 0.717) is 37.0 Å². The molecule has 1 N–H and O–H groups in total. The summed E-state index contributed by atoms with van der Waals surface area (Å²) in [5.74, 6) is 0.127. The first-order chi connectivity index (χ1) is 13.8. The second-order valence-corrected chi connectivity index (χ2v) is 10.1. The number of sulfonamides is 1. The van der Waals surface area contributed by atoms with Crippen molar-refractivity contribution >= 4 is 39.1 Å². The highest BCUT2D eigenvalue weighted by Crippen LogP contribution is 2.26. The third-order valence-electron chi connectivity index (χ3n) is 5.18. The molecule has 0 bridgehead atoms. The summed E-state index contributed by atoms with van der Waals surface area (Å²) < 4.78 is 27.4. The van der Waals surface area contributed by atoms with E-state index in [1.807, 2.05) is 12.1 Å². The smallest absolute Gasteiger partial charge is 0.252 e. The van der Waals surface area contributed by atoms with Crippen molar-refractivity contribution in [2.75, 3.05) is 19.6 Å². The Hall–Kier alpha value is -1.60. The summed E-state index contributed by atoms with van der Waals surface area (Å²) in [4.78, 5) is 12.7. The molecule has 5 nitrogen and oxygen atoms in total. The van der Waals surface area contributed by atoms with Crippen molar-refractivity contribution in [3.05, 3.63) is 63.6 Å². The summed E-state index contributed by atoms with van der Waals surface area (Å²) in [6.45, 7) is 3.51. The second-order valence-electron chi connectivity index (χ2n) is 7.36. The summed E-state index contributed by atoms with van der Waals surface area (Å²) in [6.07, 6.45) is 2.31. The molecule has 1 fully saturated rings. The number of nitrogens with zero attached hydrogens (tertiary/aromatic N) is 1. The number of hydrogen-bond acceptors (Lipinski definition) is 3. The fraction of sp³-hybridized carbons (Fsp3) is 0.381. The van der Waals surface area contributed by atoms with E-state index in [9.17, 15) is 13.2 Å². The zero-order chi connectivity index (χ0) is 21.0. The lowest BCUT2D eigenvalue weighted by Gasteiger charge is -2.29. The highest BCUT2D eigenvalue weighted by Gasteiger charge is 2.29. The molecule has 0 radical (unpaired) electrons. The summed E-state index contributed by atoms with van der Waals surface area (Å²) in [5.41, 5.74) is 1.20. The minimum absolute atomic E-state index is 0.0966. The van der Waals surface area contributed by atoms with Crippen molar-refractivity contribution < 1.29 is 13.2 Å². The molecule has 3 rings (SSSR count). The van der Waals surface area contributed by atoms with E-state index >= 15 is 0 Å². The number of rotatable bonds is 6. The molecular weight excluding hydrogens is 431 g/mol. The number of hydrogen-bond donors (Lipinski definition) is 1. The summed E-state index contributed by atoms with van der Waals surface area (Å²) >= 11 is 12.0. The number of benzene rings is 2. The lowest BCUT2D eigenvalue weighted by atomic mass is 10.0. The predicted octanol–water partition coefficient (Wildman–Crippen LogP) is 4.39. The summed E-state index contributed by atoms with van der Waals surface area (Å²) in [6, 6.07) is 11.7. The van der Waals surface area contributed by atoms with Gasteiger partial charge >= 0.3 is 0 Å². The van der Waals surface area contributed by atoms with Crippen LogP contribution in [0.15, 0.2) is 47.4 Å². The van der Waals surface area contributed by atoms with Crippen LogP contribution >= 0.6 is 23.2 Å². The normalized spacial score (nSPS) is 16.0. The topological polar surface area (TPSA) is 66.5 Å². The van der Waals surface area contributed by atoms with E-state index in [4.69, 9.17) is 23.2 Å². The van der Waals surface area contributed by atoms with Crippen LogP contribution in [0.4, 0.5) is 0 Å². The highest BCUT2D eigenvalue weighted by molar-refractivity contribution is 7.89. The van der Waals surface area contributed by atoms with Crippen molar-refractivity contribution in [3.63, 3.8) is 0 Å². The minimum atomic E-state index is -3.64. The molecule has 2 aromatic carbocycles. The molecule has 1 aliphatic heterocycles. The van der Waals surface area contributed by atoms with Gasteiger partial charge in [-0.15, -0.1) is 0 Å². The Morgan fingerprint density at radius 1 is 1.10 bits per heavy atom. The standard InChI is InChI=1S/C21H24Cl2N2O3S/c1-15-9-12-25(13-10-15)29(27,28)18-6-7-20(23)19(14-18)21(26)24-11-8-16-2-4-17(22)5-3-16/h2-7,14-15H,8-13H2,1H3,(H,24,26). The maximum atomic E-state index is 12.9. The van der Waals surface area contributed by atoms with Gasteiger partial charge in [0, 0.05) is 24.7 Å². The van der Waals surface area contributed by atoms with Crippen molar-refractivity contribution in [1.29, 1.82) is 0 Å². The highest BCUT2D eigenvalue weighted by atomic mass is 35.5. The SMILES string of the molecule is CC1CCN(S(=O)(=O)c2ccc(Cl)c(C(=O)NCCc3ccc(Cl)cc3)c2)CC1. The van der Waals surface area contributed by atoms with E-state index in [-0.39, 0.29) is 15.5 Å². The van der Waals surface area contributed by atoms with Crippen LogP contribution in [0, 0.1) is 5.92 Å². The Morgan fingerprint density at radius 2 is 1.76 bits per heavy atom. The first kappa shape index (κ1) is 22.1. The molecule has 0 atom stereocenters.